The lowest BCUT2D eigenvalue weighted by Crippen LogP contribution is -2.28. The number of fused-ring (bicyclic) bond motifs is 1. The molecule has 1 aliphatic heterocycles. The molecule has 1 aliphatic rings. The van der Waals surface area contributed by atoms with Crippen LogP contribution in [0.25, 0.3) is 0 Å². The van der Waals surface area contributed by atoms with Crippen LogP contribution in [0.5, 0.6) is 11.5 Å². The zero-order valence-electron chi connectivity index (χ0n) is 14.7. The Labute approximate surface area is 154 Å². The summed E-state index contributed by atoms with van der Waals surface area (Å²) in [6, 6.07) is 12.5. The van der Waals surface area contributed by atoms with Gasteiger partial charge in [-0.05, 0) is 24.1 Å². The van der Waals surface area contributed by atoms with Crippen molar-refractivity contribution in [3.05, 3.63) is 59.7 Å². The number of carbonyl (C=O) groups excluding carboxylic acids is 1. The lowest BCUT2D eigenvalue weighted by atomic mass is 9.96. The lowest BCUT2D eigenvalue weighted by molar-refractivity contribution is -0.225. The first-order valence-electron chi connectivity index (χ1n) is 8.62. The molecule has 0 N–H and O–H groups in total. The summed E-state index contributed by atoms with van der Waals surface area (Å²) in [4.78, 5) is 12.5. The summed E-state index contributed by atoms with van der Waals surface area (Å²) in [5.41, 5.74) is 0.413. The molecule has 0 bridgehead atoms. The number of ether oxygens (including phenoxy) is 3. The van der Waals surface area contributed by atoms with Gasteiger partial charge in [0.05, 0.1) is 5.92 Å². The second kappa shape index (κ2) is 7.90. The molecule has 0 saturated carbocycles. The number of esters is 1. The van der Waals surface area contributed by atoms with E-state index in [9.17, 15) is 18.0 Å². The van der Waals surface area contributed by atoms with Crippen molar-refractivity contribution in [2.45, 2.75) is 31.5 Å². The van der Waals surface area contributed by atoms with E-state index in [1.54, 1.807) is 37.3 Å². The van der Waals surface area contributed by atoms with Crippen molar-refractivity contribution in [2.24, 2.45) is 0 Å². The highest BCUT2D eigenvalue weighted by molar-refractivity contribution is 5.78. The molecule has 4 nitrogen and oxygen atoms in total. The number of hydrogen-bond acceptors (Lipinski definition) is 4. The lowest BCUT2D eigenvalue weighted by Gasteiger charge is -2.25. The summed E-state index contributed by atoms with van der Waals surface area (Å²) in [6.45, 7) is 2.31. The van der Waals surface area contributed by atoms with E-state index in [4.69, 9.17) is 14.2 Å². The van der Waals surface area contributed by atoms with Crippen LogP contribution in [-0.2, 0) is 9.53 Å². The molecule has 2 aromatic rings. The zero-order chi connectivity index (χ0) is 19.4. The minimum Gasteiger partial charge on any atom is -0.486 e. The van der Waals surface area contributed by atoms with Crippen LogP contribution in [0.15, 0.2) is 48.5 Å². The Morgan fingerprint density at radius 3 is 2.33 bits per heavy atom. The number of hydrogen-bond donors (Lipinski definition) is 0. The average molecular weight is 380 g/mol. The molecule has 1 heterocycles. The smallest absolute Gasteiger partial charge is 0.429 e. The minimum atomic E-state index is -4.76. The van der Waals surface area contributed by atoms with Crippen molar-refractivity contribution in [2.75, 3.05) is 13.2 Å². The molecular weight excluding hydrogens is 361 g/mol. The van der Waals surface area contributed by atoms with Gasteiger partial charge in [-0.25, -0.2) is 0 Å². The van der Waals surface area contributed by atoms with Gasteiger partial charge in [-0.15, -0.1) is 0 Å². The Balaban J connectivity index is 1.86. The van der Waals surface area contributed by atoms with Gasteiger partial charge >= 0.3 is 12.1 Å². The number of carbonyl (C=O) groups is 1. The Kier molecular flexibility index (Phi) is 5.58. The fourth-order valence-corrected chi connectivity index (χ4v) is 2.97. The maximum Gasteiger partial charge on any atom is 0.429 e. The maximum atomic E-state index is 13.6. The van der Waals surface area contributed by atoms with Crippen molar-refractivity contribution >= 4 is 5.97 Å². The van der Waals surface area contributed by atoms with Gasteiger partial charge in [0.1, 0.15) is 13.2 Å². The van der Waals surface area contributed by atoms with Crippen molar-refractivity contribution in [1.29, 1.82) is 0 Å². The number of halogens is 3. The van der Waals surface area contributed by atoms with E-state index >= 15 is 0 Å². The Morgan fingerprint density at radius 2 is 1.70 bits per heavy atom. The molecule has 2 unspecified atom stereocenters. The third-order valence-corrected chi connectivity index (χ3v) is 4.29. The standard InChI is InChI=1S/C20H19F3O4/c1-2-15(13-6-4-3-5-7-13)19(24)27-18(20(21,22)23)14-8-9-16-17(12-14)26-11-10-25-16/h3-9,12,15,18H,2,10-11H2,1H3. The van der Waals surface area contributed by atoms with Crippen molar-refractivity contribution < 1.29 is 32.2 Å². The first-order valence-corrected chi connectivity index (χ1v) is 8.62. The van der Waals surface area contributed by atoms with Crippen LogP contribution >= 0.6 is 0 Å². The highest BCUT2D eigenvalue weighted by Gasteiger charge is 2.45. The summed E-state index contributed by atoms with van der Waals surface area (Å²) in [6.07, 6.45) is -6.80. The van der Waals surface area contributed by atoms with Crippen LogP contribution in [0, 0.1) is 0 Å². The molecule has 27 heavy (non-hydrogen) atoms. The third-order valence-electron chi connectivity index (χ3n) is 4.29. The number of rotatable bonds is 5. The van der Waals surface area contributed by atoms with Gasteiger partial charge in [-0.3, -0.25) is 4.79 Å². The van der Waals surface area contributed by atoms with E-state index in [1.807, 2.05) is 0 Å². The van der Waals surface area contributed by atoms with Gasteiger partial charge in [-0.2, -0.15) is 13.2 Å². The van der Waals surface area contributed by atoms with Crippen LogP contribution in [0.4, 0.5) is 13.2 Å². The van der Waals surface area contributed by atoms with E-state index in [0.29, 0.717) is 24.3 Å². The summed E-state index contributed by atoms with van der Waals surface area (Å²) in [5, 5.41) is 0. The molecule has 0 amide bonds. The SMILES string of the molecule is CCC(C(=O)OC(c1ccc2c(c1)OCCO2)C(F)(F)F)c1ccccc1. The van der Waals surface area contributed by atoms with Gasteiger partial charge in [-0.1, -0.05) is 43.3 Å². The van der Waals surface area contributed by atoms with Gasteiger partial charge in [0.15, 0.2) is 11.5 Å². The first-order chi connectivity index (χ1) is 12.9. The van der Waals surface area contributed by atoms with Crippen LogP contribution in [-0.4, -0.2) is 25.4 Å². The highest BCUT2D eigenvalue weighted by Crippen LogP contribution is 2.41. The second-order valence-electron chi connectivity index (χ2n) is 6.13. The zero-order valence-corrected chi connectivity index (χ0v) is 14.7. The topological polar surface area (TPSA) is 44.8 Å². The largest absolute Gasteiger partial charge is 0.486 e. The molecule has 2 aromatic carbocycles. The molecule has 0 radical (unpaired) electrons. The molecule has 0 spiro atoms. The quantitative estimate of drug-likeness (QED) is 0.699. The molecule has 2 atom stereocenters. The van der Waals surface area contributed by atoms with Gasteiger partial charge < -0.3 is 14.2 Å². The van der Waals surface area contributed by atoms with Crippen molar-refractivity contribution in [3.63, 3.8) is 0 Å². The molecule has 0 saturated heterocycles. The minimum absolute atomic E-state index is 0.206. The van der Waals surface area contributed by atoms with Crippen LogP contribution in [0.2, 0.25) is 0 Å². The first kappa shape index (κ1) is 19.1. The third kappa shape index (κ3) is 4.35. The normalized spacial score (nSPS) is 15.7. The summed E-state index contributed by atoms with van der Waals surface area (Å²) in [7, 11) is 0. The highest BCUT2D eigenvalue weighted by atomic mass is 19.4. The predicted octanol–water partition coefficient (Wildman–Crippen LogP) is 4.80. The summed E-state index contributed by atoms with van der Waals surface area (Å²) in [5.74, 6) is -1.11. The van der Waals surface area contributed by atoms with Gasteiger partial charge in [0.25, 0.3) is 0 Å². The molecular formula is C20H19F3O4. The van der Waals surface area contributed by atoms with E-state index in [0.717, 1.165) is 0 Å². The van der Waals surface area contributed by atoms with Crippen LogP contribution < -0.4 is 9.47 Å². The average Bonchev–Trinajstić information content (AvgIpc) is 2.66. The molecule has 0 aromatic heterocycles. The van der Waals surface area contributed by atoms with Crippen LogP contribution in [0.3, 0.4) is 0 Å². The molecule has 7 heteroatoms. The Hall–Kier alpha value is -2.70. The molecule has 144 valence electrons. The Bertz CT molecular complexity index is 790. The van der Waals surface area contributed by atoms with E-state index < -0.39 is 24.2 Å². The van der Waals surface area contributed by atoms with Crippen molar-refractivity contribution in [3.8, 4) is 11.5 Å². The molecule has 0 aliphatic carbocycles. The summed E-state index contributed by atoms with van der Waals surface area (Å²) >= 11 is 0. The van der Waals surface area contributed by atoms with Gasteiger partial charge in [0, 0.05) is 5.56 Å². The molecule has 3 rings (SSSR count). The fraction of sp³-hybridized carbons (Fsp3) is 0.350. The van der Waals surface area contributed by atoms with Gasteiger partial charge in [0.2, 0.25) is 6.10 Å². The van der Waals surface area contributed by atoms with E-state index in [1.165, 1.54) is 18.2 Å². The Morgan fingerprint density at radius 1 is 1.04 bits per heavy atom. The maximum absolute atomic E-state index is 13.6. The number of alkyl halides is 3. The second-order valence-corrected chi connectivity index (χ2v) is 6.13. The summed E-state index contributed by atoms with van der Waals surface area (Å²) < 4.78 is 56.5. The molecule has 0 fully saturated rings. The van der Waals surface area contributed by atoms with E-state index in [2.05, 4.69) is 0 Å². The number of benzene rings is 2. The van der Waals surface area contributed by atoms with Crippen molar-refractivity contribution in [1.82, 2.24) is 0 Å². The van der Waals surface area contributed by atoms with E-state index in [-0.39, 0.29) is 17.9 Å². The fourth-order valence-electron chi connectivity index (χ4n) is 2.97. The monoisotopic (exact) mass is 380 g/mol. The predicted molar refractivity (Wildman–Crippen MR) is 91.8 cm³/mol. The van der Waals surface area contributed by atoms with Crippen LogP contribution in [0.1, 0.15) is 36.5 Å².